The lowest BCUT2D eigenvalue weighted by atomic mass is 10.0. The van der Waals surface area contributed by atoms with Crippen molar-refractivity contribution in [1.29, 1.82) is 0 Å². The third-order valence-corrected chi connectivity index (χ3v) is 5.72. The molecule has 4 rings (SSSR count). The van der Waals surface area contributed by atoms with E-state index in [1.165, 1.54) is 17.2 Å². The molecule has 0 bridgehead atoms. The Labute approximate surface area is 187 Å². The van der Waals surface area contributed by atoms with E-state index in [0.717, 1.165) is 23.5 Å². The monoisotopic (exact) mass is 433 g/mol. The molecule has 1 aliphatic heterocycles. The molecular formula is C25H28FN5O. The number of hydrogen-bond donors (Lipinski definition) is 0. The molecule has 3 aromatic rings. The van der Waals surface area contributed by atoms with E-state index in [0.29, 0.717) is 24.5 Å². The van der Waals surface area contributed by atoms with Crippen molar-refractivity contribution >= 4 is 11.5 Å². The molecule has 0 radical (unpaired) electrons. The Morgan fingerprint density at radius 3 is 2.66 bits per heavy atom. The zero-order chi connectivity index (χ0) is 22.8. The van der Waals surface area contributed by atoms with Gasteiger partial charge in [-0.2, -0.15) is 5.10 Å². The van der Waals surface area contributed by atoms with E-state index < -0.39 is 0 Å². The van der Waals surface area contributed by atoms with Crippen molar-refractivity contribution in [2.24, 2.45) is 0 Å². The first kappa shape index (κ1) is 21.9. The lowest BCUT2D eigenvalue weighted by Gasteiger charge is -2.26. The smallest absolute Gasteiger partial charge is 0.244 e. The number of halogens is 1. The Balaban J connectivity index is 1.50. The molecule has 1 amide bonds. The summed E-state index contributed by atoms with van der Waals surface area (Å²) in [5.41, 5.74) is 4.62. The predicted octanol–water partition coefficient (Wildman–Crippen LogP) is 4.54. The van der Waals surface area contributed by atoms with E-state index in [-0.39, 0.29) is 24.2 Å². The zero-order valence-electron chi connectivity index (χ0n) is 19.0. The van der Waals surface area contributed by atoms with Gasteiger partial charge in [-0.25, -0.2) is 14.1 Å². The maximum absolute atomic E-state index is 13.7. The van der Waals surface area contributed by atoms with Gasteiger partial charge in [0.15, 0.2) is 5.82 Å². The van der Waals surface area contributed by atoms with E-state index >= 15 is 0 Å². The van der Waals surface area contributed by atoms with Crippen LogP contribution in [0, 0.1) is 19.7 Å². The molecular weight excluding hydrogens is 405 g/mol. The molecule has 0 unspecified atom stereocenters. The summed E-state index contributed by atoms with van der Waals surface area (Å²) in [5.74, 6) is 1.10. The van der Waals surface area contributed by atoms with Gasteiger partial charge in [-0.1, -0.05) is 19.9 Å². The first-order valence-electron chi connectivity index (χ1n) is 10.9. The van der Waals surface area contributed by atoms with Crippen LogP contribution < -0.4 is 0 Å². The van der Waals surface area contributed by atoms with Crippen LogP contribution in [-0.4, -0.2) is 43.6 Å². The van der Waals surface area contributed by atoms with Crippen molar-refractivity contribution in [1.82, 2.24) is 24.6 Å². The fourth-order valence-electron chi connectivity index (χ4n) is 3.87. The normalized spacial score (nSPS) is 14.1. The van der Waals surface area contributed by atoms with Crippen molar-refractivity contribution in [3.63, 3.8) is 0 Å². The lowest BCUT2D eigenvalue weighted by molar-refractivity contribution is -0.131. The van der Waals surface area contributed by atoms with Crippen LogP contribution in [0.4, 0.5) is 4.39 Å². The van der Waals surface area contributed by atoms with Crippen molar-refractivity contribution < 1.29 is 9.18 Å². The van der Waals surface area contributed by atoms with Gasteiger partial charge >= 0.3 is 0 Å². The van der Waals surface area contributed by atoms with Crippen molar-refractivity contribution in [3.8, 4) is 11.4 Å². The molecule has 3 heterocycles. The lowest BCUT2D eigenvalue weighted by Crippen LogP contribution is -2.37. The quantitative estimate of drug-likeness (QED) is 0.593. The first-order valence-corrected chi connectivity index (χ1v) is 10.9. The van der Waals surface area contributed by atoms with Gasteiger partial charge in [0.25, 0.3) is 0 Å². The predicted molar refractivity (Wildman–Crippen MR) is 122 cm³/mol. The summed E-state index contributed by atoms with van der Waals surface area (Å²) >= 11 is 0. The molecule has 0 saturated carbocycles. The van der Waals surface area contributed by atoms with E-state index in [9.17, 15) is 9.18 Å². The van der Waals surface area contributed by atoms with Crippen molar-refractivity contribution in [2.75, 3.05) is 13.1 Å². The van der Waals surface area contributed by atoms with Gasteiger partial charge in [-0.3, -0.25) is 9.78 Å². The van der Waals surface area contributed by atoms with E-state index in [1.807, 2.05) is 31.0 Å². The highest BCUT2D eigenvalue weighted by molar-refractivity contribution is 5.78. The molecule has 0 spiro atoms. The van der Waals surface area contributed by atoms with Crippen LogP contribution in [-0.2, 0) is 11.3 Å². The fraction of sp³-hybridized carbons (Fsp3) is 0.360. The molecule has 0 atom stereocenters. The zero-order valence-corrected chi connectivity index (χ0v) is 19.0. The molecule has 0 N–H and O–H groups in total. The highest BCUT2D eigenvalue weighted by atomic mass is 19.1. The van der Waals surface area contributed by atoms with E-state index in [4.69, 9.17) is 0 Å². The van der Waals surface area contributed by atoms with E-state index in [2.05, 4.69) is 34.1 Å². The minimum absolute atomic E-state index is 0.00568. The molecule has 0 fully saturated rings. The number of benzene rings is 1. The minimum Gasteiger partial charge on any atom is -0.337 e. The number of carbonyl (C=O) groups is 1. The number of aromatic nitrogens is 4. The molecule has 0 saturated heterocycles. The highest BCUT2D eigenvalue weighted by Gasteiger charge is 2.22. The summed E-state index contributed by atoms with van der Waals surface area (Å²) in [4.78, 5) is 24.0. The highest BCUT2D eigenvalue weighted by Crippen LogP contribution is 2.24. The molecule has 6 nitrogen and oxygen atoms in total. The summed E-state index contributed by atoms with van der Waals surface area (Å²) in [6, 6.07) is 8.88. The van der Waals surface area contributed by atoms with Crippen molar-refractivity contribution in [3.05, 3.63) is 71.1 Å². The number of carbonyl (C=O) groups excluding carboxylic acids is 1. The third-order valence-electron chi connectivity index (χ3n) is 5.72. The molecule has 166 valence electrons. The fourth-order valence-corrected chi connectivity index (χ4v) is 3.87. The Bertz CT molecular complexity index is 1180. The van der Waals surface area contributed by atoms with Crippen LogP contribution in [0.1, 0.15) is 48.8 Å². The molecule has 7 heteroatoms. The first-order chi connectivity index (χ1) is 15.3. The average molecular weight is 434 g/mol. The second kappa shape index (κ2) is 9.02. The van der Waals surface area contributed by atoms with Crippen LogP contribution in [0.5, 0.6) is 0 Å². The van der Waals surface area contributed by atoms with Gasteiger partial charge < -0.3 is 4.90 Å². The molecule has 32 heavy (non-hydrogen) atoms. The minimum atomic E-state index is -0.258. The largest absolute Gasteiger partial charge is 0.337 e. The van der Waals surface area contributed by atoms with Gasteiger partial charge in [-0.05, 0) is 67.3 Å². The number of nitrogens with zero attached hydrogens (tertiary/aromatic N) is 5. The Morgan fingerprint density at radius 1 is 1.19 bits per heavy atom. The number of pyridine rings is 1. The van der Waals surface area contributed by atoms with E-state index in [1.54, 1.807) is 23.7 Å². The van der Waals surface area contributed by atoms with Crippen LogP contribution in [0.25, 0.3) is 17.0 Å². The molecule has 1 aliphatic rings. The van der Waals surface area contributed by atoms with Gasteiger partial charge in [0.2, 0.25) is 5.91 Å². The van der Waals surface area contributed by atoms with Gasteiger partial charge in [0, 0.05) is 30.8 Å². The SMILES string of the molecule is Cc1ccnc(C2=CCN(C(=O)Cn3nc(-c4ccc(F)c(C)c4)nc3C(C)C)CC2)c1. The second-order valence-corrected chi connectivity index (χ2v) is 8.61. The number of amides is 1. The van der Waals surface area contributed by atoms with Gasteiger partial charge in [0.05, 0.1) is 5.69 Å². The Morgan fingerprint density at radius 2 is 2.00 bits per heavy atom. The summed E-state index contributed by atoms with van der Waals surface area (Å²) in [6.45, 7) is 9.15. The average Bonchev–Trinajstić information content (AvgIpc) is 3.20. The van der Waals surface area contributed by atoms with Crippen molar-refractivity contribution in [2.45, 2.75) is 46.6 Å². The Kier molecular flexibility index (Phi) is 6.17. The van der Waals surface area contributed by atoms with Crippen LogP contribution in [0.2, 0.25) is 0 Å². The molecule has 1 aromatic carbocycles. The summed E-state index contributed by atoms with van der Waals surface area (Å²) in [5, 5.41) is 4.59. The summed E-state index contributed by atoms with van der Waals surface area (Å²) in [7, 11) is 0. The van der Waals surface area contributed by atoms with Crippen LogP contribution in [0.15, 0.2) is 42.6 Å². The van der Waals surface area contributed by atoms with Gasteiger partial charge in [0.1, 0.15) is 18.2 Å². The van der Waals surface area contributed by atoms with Crippen LogP contribution >= 0.6 is 0 Å². The number of aryl methyl sites for hydroxylation is 2. The third kappa shape index (κ3) is 4.61. The maximum atomic E-state index is 13.7. The molecule has 2 aromatic heterocycles. The van der Waals surface area contributed by atoms with Gasteiger partial charge in [-0.15, -0.1) is 0 Å². The summed E-state index contributed by atoms with van der Waals surface area (Å²) < 4.78 is 15.3. The summed E-state index contributed by atoms with van der Waals surface area (Å²) in [6.07, 6.45) is 4.68. The standard InChI is InChI=1S/C25H28FN5O/c1-16(2)25-28-24(20-5-6-21(26)18(4)14-20)29-31(25)15-23(32)30-11-8-19(9-12-30)22-13-17(3)7-10-27-22/h5-8,10,13-14,16H,9,11-12,15H2,1-4H3. The number of hydrogen-bond acceptors (Lipinski definition) is 4. The Hall–Kier alpha value is -3.35. The maximum Gasteiger partial charge on any atom is 0.244 e. The molecule has 0 aliphatic carbocycles. The number of rotatable bonds is 5. The second-order valence-electron chi connectivity index (χ2n) is 8.61. The topological polar surface area (TPSA) is 63.9 Å². The van der Waals surface area contributed by atoms with Crippen LogP contribution in [0.3, 0.4) is 0 Å².